The predicted molar refractivity (Wildman–Crippen MR) is 69.2 cm³/mol. The standard InChI is InChI=1S/C14H20O6/c1-5-12-11(7-8-17-6-2)13(18-9(3)15)14(20-12)19-10(4)16/h2,11-14H,5,7-8H2,1,3-4H3/t11-,12-,13-,14?/m1/s1. The van der Waals surface area contributed by atoms with Crippen LogP contribution in [0.15, 0.2) is 0 Å². The lowest BCUT2D eigenvalue weighted by atomic mass is 9.93. The number of ether oxygens (including phenoxy) is 4. The summed E-state index contributed by atoms with van der Waals surface area (Å²) in [7, 11) is 0. The summed E-state index contributed by atoms with van der Waals surface area (Å²) >= 11 is 0. The molecule has 0 aliphatic carbocycles. The summed E-state index contributed by atoms with van der Waals surface area (Å²) in [6.07, 6.45) is 6.69. The molecule has 1 saturated heterocycles. The van der Waals surface area contributed by atoms with Crippen molar-refractivity contribution in [1.82, 2.24) is 0 Å². The molecule has 6 heteroatoms. The monoisotopic (exact) mass is 284 g/mol. The van der Waals surface area contributed by atoms with Gasteiger partial charge in [0.25, 0.3) is 0 Å². The fraction of sp³-hybridized carbons (Fsp3) is 0.714. The second-order valence-corrected chi connectivity index (χ2v) is 4.55. The van der Waals surface area contributed by atoms with Crippen LogP contribution in [0.3, 0.4) is 0 Å². The van der Waals surface area contributed by atoms with Gasteiger partial charge in [0.1, 0.15) is 12.7 Å². The van der Waals surface area contributed by atoms with E-state index in [1.165, 1.54) is 13.8 Å². The van der Waals surface area contributed by atoms with Crippen LogP contribution in [0.2, 0.25) is 0 Å². The largest absolute Gasteiger partial charge is 0.455 e. The molecule has 1 aliphatic heterocycles. The Morgan fingerprint density at radius 2 is 1.90 bits per heavy atom. The second-order valence-electron chi connectivity index (χ2n) is 4.55. The third-order valence-corrected chi connectivity index (χ3v) is 3.10. The number of carbonyl (C=O) groups excluding carboxylic acids is 2. The van der Waals surface area contributed by atoms with E-state index in [4.69, 9.17) is 25.4 Å². The minimum Gasteiger partial charge on any atom is -0.455 e. The Hall–Kier alpha value is -1.74. The SMILES string of the molecule is C#COCC[C@@H]1[C@@H](CC)OC(OC(C)=O)[C@@H]1OC(C)=O. The summed E-state index contributed by atoms with van der Waals surface area (Å²) in [5, 5.41) is 0. The van der Waals surface area contributed by atoms with Gasteiger partial charge in [-0.3, -0.25) is 9.59 Å². The Morgan fingerprint density at radius 1 is 1.25 bits per heavy atom. The van der Waals surface area contributed by atoms with Crippen LogP contribution in [-0.2, 0) is 28.5 Å². The fourth-order valence-electron chi connectivity index (χ4n) is 2.36. The van der Waals surface area contributed by atoms with E-state index in [2.05, 4.69) is 6.11 Å². The van der Waals surface area contributed by atoms with Gasteiger partial charge in [-0.15, -0.1) is 0 Å². The van der Waals surface area contributed by atoms with Crippen LogP contribution in [0, 0.1) is 18.4 Å². The molecule has 0 amide bonds. The molecular formula is C14H20O6. The minimum absolute atomic E-state index is 0.124. The Bertz CT molecular complexity index is 386. The maximum absolute atomic E-state index is 11.2. The maximum atomic E-state index is 11.2. The smallest absolute Gasteiger partial charge is 0.305 e. The van der Waals surface area contributed by atoms with Crippen molar-refractivity contribution in [3.63, 3.8) is 0 Å². The molecule has 0 aromatic heterocycles. The summed E-state index contributed by atoms with van der Waals surface area (Å²) < 4.78 is 20.9. The average Bonchev–Trinajstić information content (AvgIpc) is 2.67. The molecule has 20 heavy (non-hydrogen) atoms. The van der Waals surface area contributed by atoms with Crippen LogP contribution in [-0.4, -0.2) is 37.0 Å². The number of esters is 2. The minimum atomic E-state index is -0.878. The average molecular weight is 284 g/mol. The number of hydrogen-bond donors (Lipinski definition) is 0. The van der Waals surface area contributed by atoms with Crippen LogP contribution in [0.5, 0.6) is 0 Å². The van der Waals surface area contributed by atoms with Crippen molar-refractivity contribution in [2.45, 2.75) is 52.1 Å². The number of terminal acetylenes is 1. The van der Waals surface area contributed by atoms with E-state index < -0.39 is 24.3 Å². The molecule has 1 aliphatic rings. The van der Waals surface area contributed by atoms with Crippen LogP contribution < -0.4 is 0 Å². The molecule has 1 heterocycles. The Balaban J connectivity index is 2.80. The Kier molecular flexibility index (Phi) is 6.32. The third kappa shape index (κ3) is 4.42. The van der Waals surface area contributed by atoms with Gasteiger partial charge in [0.2, 0.25) is 6.29 Å². The highest BCUT2D eigenvalue weighted by Gasteiger charge is 2.47. The van der Waals surface area contributed by atoms with Crippen molar-refractivity contribution in [1.29, 1.82) is 0 Å². The van der Waals surface area contributed by atoms with Gasteiger partial charge in [-0.25, -0.2) is 0 Å². The molecule has 0 radical (unpaired) electrons. The first kappa shape index (κ1) is 16.3. The van der Waals surface area contributed by atoms with E-state index in [1.807, 2.05) is 6.92 Å². The highest BCUT2D eigenvalue weighted by molar-refractivity contribution is 5.67. The first-order valence-electron chi connectivity index (χ1n) is 6.56. The van der Waals surface area contributed by atoms with E-state index in [0.29, 0.717) is 19.4 Å². The third-order valence-electron chi connectivity index (χ3n) is 3.10. The van der Waals surface area contributed by atoms with Crippen molar-refractivity contribution in [2.75, 3.05) is 6.61 Å². The molecule has 0 bridgehead atoms. The lowest BCUT2D eigenvalue weighted by molar-refractivity contribution is -0.194. The van der Waals surface area contributed by atoms with E-state index in [1.54, 1.807) is 0 Å². The predicted octanol–water partition coefficient (Wildman–Crippen LogP) is 1.23. The molecule has 112 valence electrons. The van der Waals surface area contributed by atoms with Gasteiger partial charge in [-0.1, -0.05) is 13.3 Å². The van der Waals surface area contributed by atoms with E-state index in [-0.39, 0.29) is 12.0 Å². The van der Waals surface area contributed by atoms with Crippen molar-refractivity contribution in [2.24, 2.45) is 5.92 Å². The normalized spacial score (nSPS) is 28.5. The molecule has 1 fully saturated rings. The highest BCUT2D eigenvalue weighted by atomic mass is 16.7. The van der Waals surface area contributed by atoms with Gasteiger partial charge in [0.05, 0.1) is 6.10 Å². The molecule has 1 rings (SSSR count). The first-order chi connectivity index (χ1) is 9.49. The molecule has 0 saturated carbocycles. The van der Waals surface area contributed by atoms with Gasteiger partial charge in [0.15, 0.2) is 6.10 Å². The van der Waals surface area contributed by atoms with Crippen LogP contribution in [0.1, 0.15) is 33.6 Å². The van der Waals surface area contributed by atoms with Crippen molar-refractivity contribution in [3.8, 4) is 12.5 Å². The number of carbonyl (C=O) groups is 2. The fourth-order valence-corrected chi connectivity index (χ4v) is 2.36. The summed E-state index contributed by atoms with van der Waals surface area (Å²) in [6, 6.07) is 0. The van der Waals surface area contributed by atoms with Crippen molar-refractivity contribution >= 4 is 11.9 Å². The Morgan fingerprint density at radius 3 is 2.40 bits per heavy atom. The molecule has 0 spiro atoms. The van der Waals surface area contributed by atoms with E-state index >= 15 is 0 Å². The molecule has 0 aromatic rings. The molecule has 1 unspecified atom stereocenters. The van der Waals surface area contributed by atoms with Crippen LogP contribution >= 0.6 is 0 Å². The quantitative estimate of drug-likeness (QED) is 0.415. The van der Waals surface area contributed by atoms with Crippen molar-refractivity contribution in [3.05, 3.63) is 0 Å². The van der Waals surface area contributed by atoms with E-state index in [9.17, 15) is 9.59 Å². The number of rotatable bonds is 6. The van der Waals surface area contributed by atoms with Gasteiger partial charge >= 0.3 is 11.9 Å². The lowest BCUT2D eigenvalue weighted by Crippen LogP contribution is -2.35. The second kappa shape index (κ2) is 7.75. The van der Waals surface area contributed by atoms with Gasteiger partial charge < -0.3 is 18.9 Å². The van der Waals surface area contributed by atoms with E-state index in [0.717, 1.165) is 0 Å². The zero-order valence-corrected chi connectivity index (χ0v) is 12.0. The van der Waals surface area contributed by atoms with Crippen molar-refractivity contribution < 1.29 is 28.5 Å². The molecule has 0 N–H and O–H groups in total. The molecular weight excluding hydrogens is 264 g/mol. The first-order valence-corrected chi connectivity index (χ1v) is 6.56. The summed E-state index contributed by atoms with van der Waals surface area (Å²) in [5.74, 6) is -1.06. The Labute approximate surface area is 118 Å². The lowest BCUT2D eigenvalue weighted by Gasteiger charge is -2.22. The summed E-state index contributed by atoms with van der Waals surface area (Å²) in [5.41, 5.74) is 0. The van der Waals surface area contributed by atoms with Gasteiger partial charge in [-0.05, 0) is 12.8 Å². The topological polar surface area (TPSA) is 71.1 Å². The summed E-state index contributed by atoms with van der Waals surface area (Å²) in [6.45, 7) is 4.86. The van der Waals surface area contributed by atoms with Gasteiger partial charge in [-0.2, -0.15) is 0 Å². The van der Waals surface area contributed by atoms with Crippen LogP contribution in [0.4, 0.5) is 0 Å². The zero-order valence-electron chi connectivity index (χ0n) is 12.0. The molecule has 0 aromatic carbocycles. The highest BCUT2D eigenvalue weighted by Crippen LogP contribution is 2.34. The van der Waals surface area contributed by atoms with Gasteiger partial charge in [0, 0.05) is 19.8 Å². The summed E-state index contributed by atoms with van der Waals surface area (Å²) in [4.78, 5) is 22.3. The molecule has 4 atom stereocenters. The maximum Gasteiger partial charge on any atom is 0.305 e. The molecule has 6 nitrogen and oxygen atoms in total. The number of hydrogen-bond acceptors (Lipinski definition) is 6. The van der Waals surface area contributed by atoms with Crippen LogP contribution in [0.25, 0.3) is 0 Å². The zero-order chi connectivity index (χ0) is 15.1.